The second kappa shape index (κ2) is 5.85. The maximum Gasteiger partial charge on any atom is 0.233 e. The number of nitrogens with zero attached hydrogens (tertiary/aromatic N) is 2. The van der Waals surface area contributed by atoms with Crippen molar-refractivity contribution in [3.8, 4) is 0 Å². The minimum atomic E-state index is 0.124. The van der Waals surface area contributed by atoms with Crippen molar-refractivity contribution >= 4 is 22.8 Å². The molecule has 6 heteroatoms. The highest BCUT2D eigenvalue weighted by Crippen LogP contribution is 2.16. The summed E-state index contributed by atoms with van der Waals surface area (Å²) in [5.41, 5.74) is 5.39. The Morgan fingerprint density at radius 3 is 2.67 bits per heavy atom. The molecule has 0 unspecified atom stereocenters. The number of amides is 1. The number of amidine groups is 1. The van der Waals surface area contributed by atoms with Gasteiger partial charge in [-0.1, -0.05) is 18.7 Å². The largest absolute Gasteiger partial charge is 0.377 e. The molecule has 1 heterocycles. The second-order valence-electron chi connectivity index (χ2n) is 3.82. The Labute approximate surface area is 94.2 Å². The fourth-order valence-electron chi connectivity index (χ4n) is 1.52. The van der Waals surface area contributed by atoms with Crippen LogP contribution in [0.3, 0.4) is 0 Å². The molecule has 1 rings (SSSR count). The Hall–Kier alpha value is -0.910. The summed E-state index contributed by atoms with van der Waals surface area (Å²) < 4.78 is 0. The summed E-state index contributed by atoms with van der Waals surface area (Å²) in [6, 6.07) is 0. The van der Waals surface area contributed by atoms with Crippen LogP contribution in [0.5, 0.6) is 0 Å². The SMILES string of the molecule is CC1CCN(C(=O)CSC(N)=NN)CC1. The lowest BCUT2D eigenvalue weighted by molar-refractivity contribution is -0.129. The van der Waals surface area contributed by atoms with Crippen LogP contribution in [-0.4, -0.2) is 34.8 Å². The molecule has 1 fully saturated rings. The van der Waals surface area contributed by atoms with Crippen molar-refractivity contribution in [2.24, 2.45) is 22.6 Å². The molecule has 0 aliphatic carbocycles. The first kappa shape index (κ1) is 12.2. The Morgan fingerprint density at radius 2 is 2.13 bits per heavy atom. The minimum Gasteiger partial charge on any atom is -0.377 e. The van der Waals surface area contributed by atoms with Gasteiger partial charge in [-0.25, -0.2) is 0 Å². The molecule has 0 aromatic heterocycles. The van der Waals surface area contributed by atoms with Crippen LogP contribution in [0, 0.1) is 5.92 Å². The number of nitrogens with two attached hydrogens (primary N) is 2. The van der Waals surface area contributed by atoms with Crippen molar-refractivity contribution < 1.29 is 4.79 Å². The van der Waals surface area contributed by atoms with Crippen molar-refractivity contribution in [1.29, 1.82) is 0 Å². The zero-order chi connectivity index (χ0) is 11.3. The van der Waals surface area contributed by atoms with Crippen molar-refractivity contribution in [3.63, 3.8) is 0 Å². The van der Waals surface area contributed by atoms with E-state index in [-0.39, 0.29) is 11.1 Å². The van der Waals surface area contributed by atoms with Gasteiger partial charge in [-0.3, -0.25) is 4.79 Å². The van der Waals surface area contributed by atoms with Crippen LogP contribution < -0.4 is 11.6 Å². The third-order valence-electron chi connectivity index (χ3n) is 2.61. The maximum atomic E-state index is 11.7. The van der Waals surface area contributed by atoms with E-state index in [2.05, 4.69) is 12.0 Å². The van der Waals surface area contributed by atoms with E-state index < -0.39 is 0 Å². The highest BCUT2D eigenvalue weighted by atomic mass is 32.2. The minimum absolute atomic E-state index is 0.124. The molecule has 86 valence electrons. The molecule has 0 aromatic carbocycles. The lowest BCUT2D eigenvalue weighted by Gasteiger charge is -2.30. The summed E-state index contributed by atoms with van der Waals surface area (Å²) in [4.78, 5) is 13.6. The highest BCUT2D eigenvalue weighted by molar-refractivity contribution is 8.14. The summed E-state index contributed by atoms with van der Waals surface area (Å²) in [6.07, 6.45) is 2.19. The van der Waals surface area contributed by atoms with Gasteiger partial charge < -0.3 is 16.5 Å². The fourth-order valence-corrected chi connectivity index (χ4v) is 2.05. The molecule has 1 amide bonds. The number of carbonyl (C=O) groups excluding carboxylic acids is 1. The van der Waals surface area contributed by atoms with Crippen molar-refractivity contribution in [2.75, 3.05) is 18.8 Å². The second-order valence-corrected chi connectivity index (χ2v) is 4.81. The summed E-state index contributed by atoms with van der Waals surface area (Å²) in [5.74, 6) is 6.16. The number of thioether (sulfide) groups is 1. The van der Waals surface area contributed by atoms with Gasteiger partial charge in [-0.2, -0.15) is 5.10 Å². The molecular formula is C9H18N4OS. The maximum absolute atomic E-state index is 11.7. The van der Waals surface area contributed by atoms with Crippen LogP contribution in [0.2, 0.25) is 0 Å². The van der Waals surface area contributed by atoms with Crippen LogP contribution in [0.25, 0.3) is 0 Å². The first-order valence-corrected chi connectivity index (χ1v) is 6.06. The molecule has 1 saturated heterocycles. The van der Waals surface area contributed by atoms with E-state index in [1.54, 1.807) is 0 Å². The number of hydrazone groups is 1. The normalized spacial score (nSPS) is 19.3. The van der Waals surface area contributed by atoms with Crippen molar-refractivity contribution in [2.45, 2.75) is 19.8 Å². The predicted octanol–water partition coefficient (Wildman–Crippen LogP) is 0.167. The van der Waals surface area contributed by atoms with Crippen LogP contribution in [0.4, 0.5) is 0 Å². The van der Waals surface area contributed by atoms with Gasteiger partial charge in [0.1, 0.15) is 0 Å². The molecule has 5 nitrogen and oxygen atoms in total. The molecule has 0 radical (unpaired) electrons. The standard InChI is InChI=1S/C9H18N4OS/c1-7-2-4-13(5-3-7)8(14)6-15-9(10)12-11/h7H,2-6,11H2,1H3,(H2,10,12). The number of carbonyl (C=O) groups is 1. The fraction of sp³-hybridized carbons (Fsp3) is 0.778. The molecule has 0 saturated carbocycles. The monoisotopic (exact) mass is 230 g/mol. The Kier molecular flexibility index (Phi) is 4.74. The number of piperidine rings is 1. The van der Waals surface area contributed by atoms with Gasteiger partial charge in [0.05, 0.1) is 5.75 Å². The zero-order valence-corrected chi connectivity index (χ0v) is 9.80. The molecule has 0 spiro atoms. The zero-order valence-electron chi connectivity index (χ0n) is 8.98. The number of rotatable bonds is 2. The number of hydrogen-bond donors (Lipinski definition) is 2. The van der Waals surface area contributed by atoms with Crippen molar-refractivity contribution in [1.82, 2.24) is 4.90 Å². The Balaban J connectivity index is 2.28. The molecular weight excluding hydrogens is 212 g/mol. The van der Waals surface area contributed by atoms with Gasteiger partial charge in [0.2, 0.25) is 5.91 Å². The summed E-state index contributed by atoms with van der Waals surface area (Å²) in [7, 11) is 0. The smallest absolute Gasteiger partial charge is 0.233 e. The molecule has 0 aromatic rings. The van der Waals surface area contributed by atoms with E-state index in [4.69, 9.17) is 11.6 Å². The molecule has 15 heavy (non-hydrogen) atoms. The summed E-state index contributed by atoms with van der Waals surface area (Å²) in [5, 5.41) is 3.56. The van der Waals surface area contributed by atoms with Gasteiger partial charge in [0.25, 0.3) is 0 Å². The predicted molar refractivity (Wildman–Crippen MR) is 63.2 cm³/mol. The van der Waals surface area contributed by atoms with E-state index in [1.807, 2.05) is 4.90 Å². The third-order valence-corrected chi connectivity index (χ3v) is 3.40. The van der Waals surface area contributed by atoms with E-state index in [9.17, 15) is 4.79 Å². The van der Waals surface area contributed by atoms with Crippen LogP contribution in [0.15, 0.2) is 5.10 Å². The van der Waals surface area contributed by atoms with Crippen LogP contribution in [0.1, 0.15) is 19.8 Å². The van der Waals surface area contributed by atoms with Gasteiger partial charge >= 0.3 is 0 Å². The van der Waals surface area contributed by atoms with Gasteiger partial charge in [0.15, 0.2) is 5.17 Å². The molecule has 4 N–H and O–H groups in total. The first-order valence-electron chi connectivity index (χ1n) is 5.07. The quantitative estimate of drug-likeness (QED) is 0.306. The van der Waals surface area contributed by atoms with E-state index in [0.717, 1.165) is 31.8 Å². The lowest BCUT2D eigenvalue weighted by Crippen LogP contribution is -2.39. The van der Waals surface area contributed by atoms with Gasteiger partial charge in [-0.05, 0) is 18.8 Å². The van der Waals surface area contributed by atoms with E-state index >= 15 is 0 Å². The van der Waals surface area contributed by atoms with E-state index in [0.29, 0.717) is 5.75 Å². The summed E-state index contributed by atoms with van der Waals surface area (Å²) in [6.45, 7) is 3.94. The Morgan fingerprint density at radius 1 is 1.53 bits per heavy atom. The molecule has 1 aliphatic rings. The van der Waals surface area contributed by atoms with Gasteiger partial charge in [-0.15, -0.1) is 0 Å². The molecule has 0 atom stereocenters. The topological polar surface area (TPSA) is 84.7 Å². The number of likely N-dealkylation sites (tertiary alicyclic amines) is 1. The first-order chi connectivity index (χ1) is 7.13. The lowest BCUT2D eigenvalue weighted by atomic mass is 9.99. The van der Waals surface area contributed by atoms with Gasteiger partial charge in [0, 0.05) is 13.1 Å². The molecule has 0 bridgehead atoms. The van der Waals surface area contributed by atoms with E-state index in [1.165, 1.54) is 11.8 Å². The van der Waals surface area contributed by atoms with Crippen LogP contribution in [-0.2, 0) is 4.79 Å². The van der Waals surface area contributed by atoms with Crippen LogP contribution >= 0.6 is 11.8 Å². The number of hydrogen-bond acceptors (Lipinski definition) is 4. The summed E-state index contributed by atoms with van der Waals surface area (Å²) >= 11 is 1.19. The third kappa shape index (κ3) is 3.99. The average Bonchev–Trinajstić information content (AvgIpc) is 2.26. The van der Waals surface area contributed by atoms with Crippen molar-refractivity contribution in [3.05, 3.63) is 0 Å². The highest BCUT2D eigenvalue weighted by Gasteiger charge is 2.20. The Bertz CT molecular complexity index is 248. The average molecular weight is 230 g/mol. The molecule has 1 aliphatic heterocycles.